The minimum absolute atomic E-state index is 0.393. The zero-order chi connectivity index (χ0) is 13.1. The highest BCUT2D eigenvalue weighted by Gasteiger charge is 2.03. The van der Waals surface area contributed by atoms with E-state index in [4.69, 9.17) is 11.6 Å². The first-order valence-corrected chi connectivity index (χ1v) is 5.87. The van der Waals surface area contributed by atoms with E-state index >= 15 is 0 Å². The van der Waals surface area contributed by atoms with Crippen LogP contribution >= 0.6 is 11.6 Å². The minimum Gasteiger partial charge on any atom is -0.381 e. The van der Waals surface area contributed by atoms with Gasteiger partial charge in [-0.25, -0.2) is 8.78 Å². The Morgan fingerprint density at radius 2 is 1.72 bits per heavy atom. The Balaban J connectivity index is 2.11. The van der Waals surface area contributed by atoms with E-state index in [1.54, 1.807) is 0 Å². The molecule has 0 aromatic heterocycles. The molecule has 0 atom stereocenters. The Bertz CT molecular complexity index is 549. The van der Waals surface area contributed by atoms with Crippen LogP contribution in [0.5, 0.6) is 0 Å². The Labute approximate surface area is 109 Å². The van der Waals surface area contributed by atoms with Crippen LogP contribution in [0.1, 0.15) is 11.1 Å². The fourth-order valence-corrected chi connectivity index (χ4v) is 1.95. The first-order chi connectivity index (χ1) is 8.54. The number of halogens is 3. The largest absolute Gasteiger partial charge is 0.381 e. The van der Waals surface area contributed by atoms with Crippen molar-refractivity contribution >= 4 is 17.3 Å². The van der Waals surface area contributed by atoms with Crippen molar-refractivity contribution in [2.75, 3.05) is 5.32 Å². The third-order valence-electron chi connectivity index (χ3n) is 2.55. The van der Waals surface area contributed by atoms with Gasteiger partial charge in [0.15, 0.2) is 0 Å². The summed E-state index contributed by atoms with van der Waals surface area (Å²) >= 11 is 6.07. The summed E-state index contributed by atoms with van der Waals surface area (Å²) < 4.78 is 26.0. The number of hydrogen-bond donors (Lipinski definition) is 1. The van der Waals surface area contributed by atoms with Crippen molar-refractivity contribution in [2.24, 2.45) is 0 Å². The molecule has 0 radical (unpaired) electrons. The molecule has 0 aliphatic heterocycles. The normalized spacial score (nSPS) is 10.4. The molecule has 2 aromatic carbocycles. The molecule has 2 rings (SSSR count). The predicted octanol–water partition coefficient (Wildman–Crippen LogP) is 4.54. The van der Waals surface area contributed by atoms with Crippen LogP contribution in [-0.4, -0.2) is 0 Å². The van der Waals surface area contributed by atoms with E-state index in [9.17, 15) is 8.78 Å². The van der Waals surface area contributed by atoms with Crippen molar-refractivity contribution in [2.45, 2.75) is 13.5 Å². The molecular weight excluding hydrogens is 256 g/mol. The topological polar surface area (TPSA) is 12.0 Å². The molecule has 0 amide bonds. The minimum atomic E-state index is -0.604. The molecule has 0 saturated heterocycles. The van der Waals surface area contributed by atoms with Crippen molar-refractivity contribution in [3.05, 3.63) is 64.2 Å². The van der Waals surface area contributed by atoms with Gasteiger partial charge in [0.25, 0.3) is 0 Å². The van der Waals surface area contributed by atoms with E-state index < -0.39 is 11.6 Å². The highest BCUT2D eigenvalue weighted by molar-refractivity contribution is 6.31. The van der Waals surface area contributed by atoms with Gasteiger partial charge in [-0.1, -0.05) is 23.7 Å². The first kappa shape index (κ1) is 12.8. The molecular formula is C14H12ClF2N. The second-order valence-corrected chi connectivity index (χ2v) is 4.51. The molecule has 0 bridgehead atoms. The van der Waals surface area contributed by atoms with Crippen molar-refractivity contribution in [3.63, 3.8) is 0 Å². The zero-order valence-corrected chi connectivity index (χ0v) is 10.6. The maximum absolute atomic E-state index is 13.0. The molecule has 0 fully saturated rings. The monoisotopic (exact) mass is 267 g/mol. The summed E-state index contributed by atoms with van der Waals surface area (Å²) in [6.45, 7) is 2.37. The number of benzene rings is 2. The molecule has 0 aliphatic rings. The summed E-state index contributed by atoms with van der Waals surface area (Å²) in [7, 11) is 0. The highest BCUT2D eigenvalue weighted by atomic mass is 35.5. The van der Waals surface area contributed by atoms with E-state index in [2.05, 4.69) is 5.32 Å². The van der Waals surface area contributed by atoms with Gasteiger partial charge in [-0.2, -0.15) is 0 Å². The van der Waals surface area contributed by atoms with E-state index in [0.717, 1.165) is 17.2 Å². The zero-order valence-electron chi connectivity index (χ0n) is 9.81. The molecule has 1 nitrogen and oxygen atoms in total. The van der Waals surface area contributed by atoms with Crippen LogP contribution in [0.15, 0.2) is 36.4 Å². The first-order valence-electron chi connectivity index (χ1n) is 5.49. The maximum Gasteiger partial charge on any atom is 0.128 e. The molecule has 0 unspecified atom stereocenters. The van der Waals surface area contributed by atoms with Gasteiger partial charge in [-0.05, 0) is 36.2 Å². The number of hydrogen-bond acceptors (Lipinski definition) is 1. The molecule has 0 aliphatic carbocycles. The Kier molecular flexibility index (Phi) is 3.82. The average molecular weight is 268 g/mol. The Morgan fingerprint density at radius 3 is 2.33 bits per heavy atom. The van der Waals surface area contributed by atoms with Crippen LogP contribution in [0.3, 0.4) is 0 Å². The molecule has 94 valence electrons. The molecule has 0 saturated carbocycles. The summed E-state index contributed by atoms with van der Waals surface area (Å²) in [5.74, 6) is -1.21. The fraction of sp³-hybridized carbons (Fsp3) is 0.143. The SMILES string of the molecule is Cc1ccc(CNc2cc(F)cc(F)c2)c(Cl)c1. The van der Waals surface area contributed by atoms with E-state index in [1.807, 2.05) is 25.1 Å². The third kappa shape index (κ3) is 3.20. The van der Waals surface area contributed by atoms with Crippen LogP contribution in [0.25, 0.3) is 0 Å². The third-order valence-corrected chi connectivity index (χ3v) is 2.91. The molecule has 18 heavy (non-hydrogen) atoms. The van der Waals surface area contributed by atoms with Crippen LogP contribution in [0.2, 0.25) is 5.02 Å². The Morgan fingerprint density at radius 1 is 1.06 bits per heavy atom. The highest BCUT2D eigenvalue weighted by Crippen LogP contribution is 2.20. The lowest BCUT2D eigenvalue weighted by Gasteiger charge is -2.09. The molecule has 4 heteroatoms. The van der Waals surface area contributed by atoms with E-state index in [-0.39, 0.29) is 0 Å². The van der Waals surface area contributed by atoms with Gasteiger partial charge in [0.1, 0.15) is 11.6 Å². The van der Waals surface area contributed by atoms with Gasteiger partial charge in [-0.15, -0.1) is 0 Å². The number of rotatable bonds is 3. The summed E-state index contributed by atoms with van der Waals surface area (Å²) in [6, 6.07) is 9.00. The summed E-state index contributed by atoms with van der Waals surface area (Å²) in [4.78, 5) is 0. The standard InChI is InChI=1S/C14H12ClF2N/c1-9-2-3-10(14(15)4-9)8-18-13-6-11(16)5-12(17)7-13/h2-7,18H,8H2,1H3. The van der Waals surface area contributed by atoms with Crippen molar-refractivity contribution in [3.8, 4) is 0 Å². The molecule has 2 aromatic rings. The van der Waals surface area contributed by atoms with Gasteiger partial charge < -0.3 is 5.32 Å². The number of aryl methyl sites for hydroxylation is 1. The summed E-state index contributed by atoms with van der Waals surface area (Å²) in [5.41, 5.74) is 2.34. The van der Waals surface area contributed by atoms with Gasteiger partial charge in [0.2, 0.25) is 0 Å². The lowest BCUT2D eigenvalue weighted by atomic mass is 10.1. The van der Waals surface area contributed by atoms with Crippen LogP contribution in [-0.2, 0) is 6.54 Å². The maximum atomic E-state index is 13.0. The average Bonchev–Trinajstić information content (AvgIpc) is 2.26. The lowest BCUT2D eigenvalue weighted by Crippen LogP contribution is -2.01. The predicted molar refractivity (Wildman–Crippen MR) is 69.9 cm³/mol. The van der Waals surface area contributed by atoms with Gasteiger partial charge >= 0.3 is 0 Å². The summed E-state index contributed by atoms with van der Waals surface area (Å²) in [5, 5.41) is 3.58. The van der Waals surface area contributed by atoms with Crippen molar-refractivity contribution < 1.29 is 8.78 Å². The Hall–Kier alpha value is -1.61. The second kappa shape index (κ2) is 5.36. The lowest BCUT2D eigenvalue weighted by molar-refractivity contribution is 0.584. The van der Waals surface area contributed by atoms with E-state index in [1.165, 1.54) is 12.1 Å². The molecule has 0 spiro atoms. The van der Waals surface area contributed by atoms with Crippen LogP contribution in [0, 0.1) is 18.6 Å². The van der Waals surface area contributed by atoms with Crippen molar-refractivity contribution in [1.82, 2.24) is 0 Å². The van der Waals surface area contributed by atoms with Gasteiger partial charge in [0, 0.05) is 23.3 Å². The van der Waals surface area contributed by atoms with E-state index in [0.29, 0.717) is 17.3 Å². The van der Waals surface area contributed by atoms with Crippen molar-refractivity contribution in [1.29, 1.82) is 0 Å². The second-order valence-electron chi connectivity index (χ2n) is 4.11. The summed E-state index contributed by atoms with van der Waals surface area (Å²) in [6.07, 6.45) is 0. The number of anilines is 1. The van der Waals surface area contributed by atoms with Gasteiger partial charge in [-0.3, -0.25) is 0 Å². The quantitative estimate of drug-likeness (QED) is 0.861. The van der Waals surface area contributed by atoms with Crippen LogP contribution < -0.4 is 5.32 Å². The smallest absolute Gasteiger partial charge is 0.128 e. The molecule has 0 heterocycles. The van der Waals surface area contributed by atoms with Gasteiger partial charge in [0.05, 0.1) is 0 Å². The number of nitrogens with one attached hydrogen (secondary N) is 1. The molecule has 1 N–H and O–H groups in total. The fourth-order valence-electron chi connectivity index (χ4n) is 1.65. The van der Waals surface area contributed by atoms with Crippen LogP contribution in [0.4, 0.5) is 14.5 Å².